The summed E-state index contributed by atoms with van der Waals surface area (Å²) in [5.41, 5.74) is 0. The summed E-state index contributed by atoms with van der Waals surface area (Å²) >= 11 is 5.18. The second-order valence-corrected chi connectivity index (χ2v) is 4.11. The summed E-state index contributed by atoms with van der Waals surface area (Å²) in [5, 5.41) is 11.3. The first-order chi connectivity index (χ1) is 7.09. The maximum Gasteiger partial charge on any atom is 0.201 e. The molecule has 15 heavy (non-hydrogen) atoms. The van der Waals surface area contributed by atoms with Crippen molar-refractivity contribution in [3.05, 3.63) is 22.9 Å². The van der Waals surface area contributed by atoms with Gasteiger partial charge in [-0.25, -0.2) is 0 Å². The summed E-state index contributed by atoms with van der Waals surface area (Å²) in [7, 11) is 1.88. The van der Waals surface area contributed by atoms with E-state index in [2.05, 4.69) is 29.1 Å². The molecule has 0 radical (unpaired) electrons. The molecule has 0 fully saturated rings. The van der Waals surface area contributed by atoms with E-state index in [4.69, 9.17) is 12.2 Å². The first-order valence-corrected chi connectivity index (χ1v) is 5.17. The van der Waals surface area contributed by atoms with Crippen molar-refractivity contribution < 1.29 is 0 Å². The lowest BCUT2D eigenvalue weighted by atomic mass is 10.2. The smallest absolute Gasteiger partial charge is 0.201 e. The van der Waals surface area contributed by atoms with Crippen LogP contribution in [0.4, 0.5) is 0 Å². The molecule has 0 amide bonds. The fraction of sp³-hybridized carbons (Fsp3) is 0.444. The van der Waals surface area contributed by atoms with Gasteiger partial charge in [0.2, 0.25) is 4.77 Å². The van der Waals surface area contributed by atoms with Crippen LogP contribution in [0.1, 0.15) is 25.6 Å². The van der Waals surface area contributed by atoms with Crippen molar-refractivity contribution in [1.82, 2.24) is 24.5 Å². The molecule has 0 spiro atoms. The van der Waals surface area contributed by atoms with E-state index in [9.17, 15) is 0 Å². The van der Waals surface area contributed by atoms with Gasteiger partial charge in [-0.2, -0.15) is 10.2 Å². The molecule has 80 valence electrons. The van der Waals surface area contributed by atoms with Gasteiger partial charge in [0.1, 0.15) is 5.82 Å². The minimum absolute atomic E-state index is 0.306. The summed E-state index contributed by atoms with van der Waals surface area (Å²) in [4.78, 5) is 0. The van der Waals surface area contributed by atoms with Crippen LogP contribution < -0.4 is 0 Å². The van der Waals surface area contributed by atoms with Crippen molar-refractivity contribution in [3.63, 3.8) is 0 Å². The number of hydrogen-bond acceptors (Lipinski definition) is 3. The van der Waals surface area contributed by atoms with Gasteiger partial charge in [0.05, 0.1) is 0 Å². The van der Waals surface area contributed by atoms with E-state index in [0.717, 1.165) is 11.6 Å². The third-order valence-electron chi connectivity index (χ3n) is 2.14. The monoisotopic (exact) mass is 223 g/mol. The van der Waals surface area contributed by atoms with Crippen LogP contribution in [0, 0.1) is 4.77 Å². The van der Waals surface area contributed by atoms with Crippen LogP contribution in [0.15, 0.2) is 12.3 Å². The molecule has 0 saturated heterocycles. The molecule has 0 aromatic carbocycles. The van der Waals surface area contributed by atoms with Gasteiger partial charge in [-0.3, -0.25) is 14.3 Å². The third-order valence-corrected chi connectivity index (χ3v) is 2.42. The maximum atomic E-state index is 5.18. The van der Waals surface area contributed by atoms with Gasteiger partial charge >= 0.3 is 0 Å². The molecule has 0 aliphatic heterocycles. The van der Waals surface area contributed by atoms with Gasteiger partial charge in [-0.15, -0.1) is 0 Å². The average Bonchev–Trinajstić information content (AvgIpc) is 2.71. The highest BCUT2D eigenvalue weighted by molar-refractivity contribution is 7.71. The number of aromatic nitrogens is 5. The van der Waals surface area contributed by atoms with Gasteiger partial charge in [-0.1, -0.05) is 13.8 Å². The Balaban J connectivity index is 2.61. The summed E-state index contributed by atoms with van der Waals surface area (Å²) in [6, 6.07) is 1.91. The van der Waals surface area contributed by atoms with Gasteiger partial charge in [0.25, 0.3) is 0 Å². The zero-order valence-corrected chi connectivity index (χ0v) is 9.75. The predicted octanol–water partition coefficient (Wildman–Crippen LogP) is 1.79. The van der Waals surface area contributed by atoms with Crippen molar-refractivity contribution in [2.24, 2.45) is 7.05 Å². The van der Waals surface area contributed by atoms with Crippen LogP contribution in [-0.4, -0.2) is 24.5 Å². The lowest BCUT2D eigenvalue weighted by molar-refractivity contribution is 0.709. The lowest BCUT2D eigenvalue weighted by Gasteiger charge is -2.05. The maximum absolute atomic E-state index is 5.18. The molecule has 2 aromatic heterocycles. The second-order valence-electron chi connectivity index (χ2n) is 3.72. The number of rotatable bonds is 2. The first kappa shape index (κ1) is 10.1. The van der Waals surface area contributed by atoms with Crippen molar-refractivity contribution in [3.8, 4) is 5.82 Å². The molecule has 0 bridgehead atoms. The number of aryl methyl sites for hydroxylation is 1. The zero-order valence-electron chi connectivity index (χ0n) is 8.93. The molecule has 0 aliphatic rings. The highest BCUT2D eigenvalue weighted by Crippen LogP contribution is 2.15. The molecular weight excluding hydrogens is 210 g/mol. The number of aromatic amines is 1. The third kappa shape index (κ3) is 1.72. The summed E-state index contributed by atoms with van der Waals surface area (Å²) in [6.07, 6.45) is 1.88. The van der Waals surface area contributed by atoms with E-state index in [1.165, 1.54) is 0 Å². The Labute approximate surface area is 92.7 Å². The average molecular weight is 223 g/mol. The molecule has 1 N–H and O–H groups in total. The van der Waals surface area contributed by atoms with E-state index in [1.54, 1.807) is 4.68 Å². The van der Waals surface area contributed by atoms with Crippen molar-refractivity contribution >= 4 is 12.2 Å². The van der Waals surface area contributed by atoms with E-state index >= 15 is 0 Å². The van der Waals surface area contributed by atoms with Crippen LogP contribution in [0.25, 0.3) is 5.82 Å². The predicted molar refractivity (Wildman–Crippen MR) is 59.6 cm³/mol. The van der Waals surface area contributed by atoms with E-state index in [0.29, 0.717) is 10.7 Å². The van der Waals surface area contributed by atoms with E-state index < -0.39 is 0 Å². The standard InChI is InChI=1S/C9H13N5S/c1-6(2)8-10-11-9(15)14(8)7-4-5-13(3)12-7/h4-6H,1-3H3,(H,11,15). The Morgan fingerprint density at radius 1 is 1.47 bits per heavy atom. The number of H-pyrrole nitrogens is 1. The fourth-order valence-corrected chi connectivity index (χ4v) is 1.67. The highest BCUT2D eigenvalue weighted by Gasteiger charge is 2.12. The molecule has 2 rings (SSSR count). The van der Waals surface area contributed by atoms with Crippen LogP contribution in [0.3, 0.4) is 0 Å². The lowest BCUT2D eigenvalue weighted by Crippen LogP contribution is -2.04. The molecule has 2 aromatic rings. The number of hydrogen-bond donors (Lipinski definition) is 1. The highest BCUT2D eigenvalue weighted by atomic mass is 32.1. The van der Waals surface area contributed by atoms with Crippen molar-refractivity contribution in [2.45, 2.75) is 19.8 Å². The Hall–Kier alpha value is -1.43. The van der Waals surface area contributed by atoms with Gasteiger partial charge in [0, 0.05) is 25.2 Å². The Morgan fingerprint density at radius 3 is 2.73 bits per heavy atom. The summed E-state index contributed by atoms with van der Waals surface area (Å²) < 4.78 is 4.19. The Bertz CT molecular complexity index is 519. The first-order valence-electron chi connectivity index (χ1n) is 4.77. The molecule has 2 heterocycles. The van der Waals surface area contributed by atoms with Crippen LogP contribution in [-0.2, 0) is 7.05 Å². The molecule has 5 nitrogen and oxygen atoms in total. The molecule has 6 heteroatoms. The number of nitrogens with zero attached hydrogens (tertiary/aromatic N) is 4. The molecular formula is C9H13N5S. The SMILES string of the molecule is CC(C)c1n[nH]c(=S)n1-c1ccn(C)n1. The molecule has 0 atom stereocenters. The zero-order chi connectivity index (χ0) is 11.0. The van der Waals surface area contributed by atoms with Crippen LogP contribution >= 0.6 is 12.2 Å². The topological polar surface area (TPSA) is 51.4 Å². The second kappa shape index (κ2) is 3.62. The fourth-order valence-electron chi connectivity index (χ4n) is 1.44. The molecule has 0 saturated carbocycles. The van der Waals surface area contributed by atoms with Gasteiger partial charge in [-0.05, 0) is 12.2 Å². The molecule has 0 aliphatic carbocycles. The van der Waals surface area contributed by atoms with Gasteiger partial charge < -0.3 is 0 Å². The Kier molecular flexibility index (Phi) is 2.44. The van der Waals surface area contributed by atoms with Crippen molar-refractivity contribution in [1.29, 1.82) is 0 Å². The number of nitrogens with one attached hydrogen (secondary N) is 1. The quantitative estimate of drug-likeness (QED) is 0.790. The summed E-state index contributed by atoms with van der Waals surface area (Å²) in [6.45, 7) is 4.15. The van der Waals surface area contributed by atoms with E-state index in [1.807, 2.05) is 23.9 Å². The van der Waals surface area contributed by atoms with E-state index in [-0.39, 0.29) is 0 Å². The largest absolute Gasteiger partial charge is 0.274 e. The van der Waals surface area contributed by atoms with Crippen molar-refractivity contribution in [2.75, 3.05) is 0 Å². The summed E-state index contributed by atoms with van der Waals surface area (Å²) in [5.74, 6) is 2.01. The van der Waals surface area contributed by atoms with Crippen LogP contribution in [0.5, 0.6) is 0 Å². The Morgan fingerprint density at radius 2 is 2.20 bits per heavy atom. The minimum Gasteiger partial charge on any atom is -0.274 e. The normalized spacial score (nSPS) is 11.2. The van der Waals surface area contributed by atoms with Crippen LogP contribution in [0.2, 0.25) is 0 Å². The van der Waals surface area contributed by atoms with Gasteiger partial charge in [0.15, 0.2) is 5.82 Å². The molecule has 0 unspecified atom stereocenters. The minimum atomic E-state index is 0.306.